The van der Waals surface area contributed by atoms with Gasteiger partial charge in [-0.25, -0.2) is 9.78 Å². The van der Waals surface area contributed by atoms with Crippen LogP contribution in [0.3, 0.4) is 0 Å². The highest BCUT2D eigenvalue weighted by molar-refractivity contribution is 7.22. The molecule has 128 valence electrons. The third-order valence-corrected chi connectivity index (χ3v) is 4.38. The van der Waals surface area contributed by atoms with Crippen molar-refractivity contribution in [3.63, 3.8) is 0 Å². The van der Waals surface area contributed by atoms with Crippen LogP contribution < -0.4 is 10.2 Å². The van der Waals surface area contributed by atoms with Crippen LogP contribution >= 0.6 is 11.3 Å². The Bertz CT molecular complexity index is 781. The van der Waals surface area contributed by atoms with Crippen LogP contribution in [0.1, 0.15) is 40.0 Å². The Balaban J connectivity index is 1.79. The number of hydrogen-bond donors (Lipinski definition) is 1. The van der Waals surface area contributed by atoms with Crippen LogP contribution in [0.4, 0.5) is 15.6 Å². The molecule has 1 aliphatic heterocycles. The fourth-order valence-electron chi connectivity index (χ4n) is 2.48. The molecule has 0 saturated carbocycles. The van der Waals surface area contributed by atoms with Crippen LogP contribution in [0.5, 0.6) is 0 Å². The summed E-state index contributed by atoms with van der Waals surface area (Å²) >= 11 is 1.31. The van der Waals surface area contributed by atoms with Crippen molar-refractivity contribution in [2.75, 3.05) is 16.8 Å². The van der Waals surface area contributed by atoms with Gasteiger partial charge in [-0.05, 0) is 39.7 Å². The number of ether oxygens (including phenoxy) is 1. The smallest absolute Gasteiger partial charge is 0.413 e. The van der Waals surface area contributed by atoms with E-state index in [2.05, 4.69) is 15.3 Å². The highest BCUT2D eigenvalue weighted by Gasteiger charge is 2.21. The molecule has 0 aliphatic carbocycles. The predicted molar refractivity (Wildman–Crippen MR) is 93.5 cm³/mol. The molecule has 24 heavy (non-hydrogen) atoms. The van der Waals surface area contributed by atoms with Crippen molar-refractivity contribution in [3.05, 3.63) is 12.3 Å². The summed E-state index contributed by atoms with van der Waals surface area (Å²) in [5, 5.41) is 3.05. The van der Waals surface area contributed by atoms with Crippen molar-refractivity contribution >= 4 is 44.5 Å². The van der Waals surface area contributed by atoms with Gasteiger partial charge >= 0.3 is 6.09 Å². The third kappa shape index (κ3) is 3.81. The van der Waals surface area contributed by atoms with E-state index in [-0.39, 0.29) is 5.91 Å². The molecule has 0 unspecified atom stereocenters. The van der Waals surface area contributed by atoms with E-state index in [1.54, 1.807) is 31.9 Å². The Kier molecular flexibility index (Phi) is 4.40. The van der Waals surface area contributed by atoms with Gasteiger partial charge in [0, 0.05) is 13.0 Å². The van der Waals surface area contributed by atoms with E-state index in [0.717, 1.165) is 23.2 Å². The Morgan fingerprint density at radius 1 is 1.38 bits per heavy atom. The van der Waals surface area contributed by atoms with Gasteiger partial charge < -0.3 is 9.64 Å². The number of carbonyl (C=O) groups excluding carboxylic acids is 2. The zero-order chi connectivity index (χ0) is 17.3. The first-order chi connectivity index (χ1) is 11.3. The number of fused-ring (bicyclic) bond motifs is 1. The molecule has 2 amide bonds. The van der Waals surface area contributed by atoms with Gasteiger partial charge in [-0.3, -0.25) is 10.1 Å². The summed E-state index contributed by atoms with van der Waals surface area (Å²) in [6.07, 6.45) is 3.62. The summed E-state index contributed by atoms with van der Waals surface area (Å²) in [5.74, 6) is 0.124. The number of piperidine rings is 1. The van der Waals surface area contributed by atoms with Crippen molar-refractivity contribution in [3.8, 4) is 0 Å². The topological polar surface area (TPSA) is 84.4 Å². The lowest BCUT2D eigenvalue weighted by molar-refractivity contribution is -0.119. The van der Waals surface area contributed by atoms with E-state index in [4.69, 9.17) is 4.74 Å². The fourth-order valence-corrected chi connectivity index (χ4v) is 3.32. The van der Waals surface area contributed by atoms with Crippen LogP contribution in [0.25, 0.3) is 10.3 Å². The Morgan fingerprint density at radius 3 is 2.88 bits per heavy atom. The van der Waals surface area contributed by atoms with Crippen molar-refractivity contribution in [1.29, 1.82) is 0 Å². The Morgan fingerprint density at radius 2 is 2.17 bits per heavy atom. The normalized spacial score (nSPS) is 15.6. The number of thiazole rings is 1. The molecule has 0 aromatic carbocycles. The average Bonchev–Trinajstić information content (AvgIpc) is 2.86. The molecule has 2 aromatic heterocycles. The lowest BCUT2D eigenvalue weighted by Gasteiger charge is -2.26. The number of hydrogen-bond acceptors (Lipinski definition) is 6. The molecule has 2 aromatic rings. The molecule has 7 nitrogen and oxygen atoms in total. The second-order valence-corrected chi connectivity index (χ2v) is 7.69. The molecule has 1 fully saturated rings. The summed E-state index contributed by atoms with van der Waals surface area (Å²) in [7, 11) is 0. The van der Waals surface area contributed by atoms with Crippen LogP contribution in [0.15, 0.2) is 12.3 Å². The van der Waals surface area contributed by atoms with Crippen molar-refractivity contribution in [1.82, 2.24) is 9.97 Å². The van der Waals surface area contributed by atoms with E-state index >= 15 is 0 Å². The van der Waals surface area contributed by atoms with Gasteiger partial charge in [-0.15, -0.1) is 0 Å². The maximum Gasteiger partial charge on any atom is 0.413 e. The van der Waals surface area contributed by atoms with E-state index < -0.39 is 11.7 Å². The second-order valence-electron chi connectivity index (χ2n) is 6.66. The van der Waals surface area contributed by atoms with E-state index in [0.29, 0.717) is 23.7 Å². The third-order valence-electron chi connectivity index (χ3n) is 3.48. The number of carbonyl (C=O) groups is 2. The Labute approximate surface area is 144 Å². The molecule has 0 radical (unpaired) electrons. The molecule has 3 rings (SSSR count). The summed E-state index contributed by atoms with van der Waals surface area (Å²) < 4.78 is 6.03. The number of nitrogens with zero attached hydrogens (tertiary/aromatic N) is 3. The molecule has 8 heteroatoms. The molecule has 0 bridgehead atoms. The van der Waals surface area contributed by atoms with Crippen LogP contribution in [0.2, 0.25) is 0 Å². The van der Waals surface area contributed by atoms with Gasteiger partial charge in [0.1, 0.15) is 5.60 Å². The Hall–Kier alpha value is -2.22. The first-order valence-corrected chi connectivity index (χ1v) is 8.70. The van der Waals surface area contributed by atoms with Gasteiger partial charge in [-0.2, -0.15) is 4.98 Å². The maximum atomic E-state index is 12.0. The molecular weight excluding hydrogens is 328 g/mol. The van der Waals surface area contributed by atoms with Crippen LogP contribution in [0, 0.1) is 0 Å². The first-order valence-electron chi connectivity index (χ1n) is 7.89. The van der Waals surface area contributed by atoms with Crippen molar-refractivity contribution in [2.45, 2.75) is 45.6 Å². The minimum atomic E-state index is -0.569. The average molecular weight is 348 g/mol. The van der Waals surface area contributed by atoms with Crippen molar-refractivity contribution in [2.24, 2.45) is 0 Å². The quantitative estimate of drug-likeness (QED) is 0.897. The lowest BCUT2D eigenvalue weighted by atomic mass is 10.1. The molecule has 1 N–H and O–H groups in total. The predicted octanol–water partition coefficient (Wildman–Crippen LogP) is 3.56. The van der Waals surface area contributed by atoms with Crippen molar-refractivity contribution < 1.29 is 14.3 Å². The largest absolute Gasteiger partial charge is 0.444 e. The zero-order valence-electron chi connectivity index (χ0n) is 14.0. The van der Waals surface area contributed by atoms with E-state index in [9.17, 15) is 9.59 Å². The van der Waals surface area contributed by atoms with Gasteiger partial charge in [0.2, 0.25) is 5.91 Å². The molecule has 1 aliphatic rings. The number of anilines is 2. The van der Waals surface area contributed by atoms with Gasteiger partial charge in [-0.1, -0.05) is 11.3 Å². The highest BCUT2D eigenvalue weighted by Crippen LogP contribution is 2.29. The second kappa shape index (κ2) is 6.35. The zero-order valence-corrected chi connectivity index (χ0v) is 14.8. The minimum Gasteiger partial charge on any atom is -0.444 e. The standard InChI is InChI=1S/C16H20N4O3S/c1-16(2,3)23-15(22)19-14-18-13-11(24-14)8-10(9-17-13)20-7-5-4-6-12(20)21/h8-9H,4-7H2,1-3H3,(H,17,18,19,22). The van der Waals surface area contributed by atoms with E-state index in [1.807, 2.05) is 6.07 Å². The number of pyridine rings is 1. The van der Waals surface area contributed by atoms with E-state index in [1.165, 1.54) is 11.3 Å². The summed E-state index contributed by atoms with van der Waals surface area (Å²) in [6, 6.07) is 1.89. The maximum absolute atomic E-state index is 12.0. The number of aromatic nitrogens is 2. The van der Waals surface area contributed by atoms with Gasteiger partial charge in [0.05, 0.1) is 16.6 Å². The number of rotatable bonds is 2. The SMILES string of the molecule is CC(C)(C)OC(=O)Nc1nc2ncc(N3CCCCC3=O)cc2s1. The molecule has 1 saturated heterocycles. The molecule has 0 atom stereocenters. The van der Waals surface area contributed by atoms with Gasteiger partial charge in [0.25, 0.3) is 0 Å². The minimum absolute atomic E-state index is 0.124. The fraction of sp³-hybridized carbons (Fsp3) is 0.500. The molecule has 0 spiro atoms. The molecule has 3 heterocycles. The number of nitrogens with one attached hydrogen (secondary N) is 1. The monoisotopic (exact) mass is 348 g/mol. The highest BCUT2D eigenvalue weighted by atomic mass is 32.1. The van der Waals surface area contributed by atoms with Gasteiger partial charge in [0.15, 0.2) is 10.8 Å². The van der Waals surface area contributed by atoms with Crippen LogP contribution in [-0.2, 0) is 9.53 Å². The summed E-state index contributed by atoms with van der Waals surface area (Å²) in [4.78, 5) is 34.2. The summed E-state index contributed by atoms with van der Waals surface area (Å²) in [6.45, 7) is 6.12. The van der Waals surface area contributed by atoms with Crippen LogP contribution in [-0.4, -0.2) is 34.1 Å². The first kappa shape index (κ1) is 16.6. The number of amides is 2. The molecular formula is C16H20N4O3S. The summed E-state index contributed by atoms with van der Waals surface area (Å²) in [5.41, 5.74) is 0.750. The lowest BCUT2D eigenvalue weighted by Crippen LogP contribution is -2.35.